The van der Waals surface area contributed by atoms with Gasteiger partial charge in [0.15, 0.2) is 5.58 Å². The van der Waals surface area contributed by atoms with E-state index in [0.717, 1.165) is 16.8 Å². The average Bonchev–Trinajstić information content (AvgIpc) is 2.84. The minimum atomic E-state index is 0.590. The lowest BCUT2D eigenvalue weighted by Gasteiger charge is -1.98. The molecule has 0 aliphatic carbocycles. The molecule has 90 valence electrons. The van der Waals surface area contributed by atoms with Gasteiger partial charge in [-0.1, -0.05) is 23.7 Å². The Morgan fingerprint density at radius 1 is 1.17 bits per heavy atom. The van der Waals surface area contributed by atoms with Crippen LogP contribution in [0.25, 0.3) is 22.4 Å². The lowest BCUT2D eigenvalue weighted by molar-refractivity contribution is 0.631. The van der Waals surface area contributed by atoms with E-state index in [1.807, 2.05) is 18.2 Å². The van der Waals surface area contributed by atoms with Gasteiger partial charge in [-0.2, -0.15) is 0 Å². The van der Waals surface area contributed by atoms with Gasteiger partial charge in [-0.05, 0) is 24.5 Å². The largest absolute Gasteiger partial charge is 0.453 e. The zero-order valence-electron chi connectivity index (χ0n) is 9.68. The van der Waals surface area contributed by atoms with E-state index in [1.165, 1.54) is 4.90 Å². The van der Waals surface area contributed by atoms with E-state index in [4.69, 9.17) is 16.0 Å². The highest BCUT2D eigenvalue weighted by atomic mass is 35.5. The van der Waals surface area contributed by atoms with Crippen LogP contribution in [0.3, 0.4) is 0 Å². The zero-order chi connectivity index (χ0) is 12.5. The van der Waals surface area contributed by atoms with Crippen molar-refractivity contribution in [3.8, 4) is 11.3 Å². The third-order valence-electron chi connectivity index (χ3n) is 2.74. The Morgan fingerprint density at radius 3 is 2.61 bits per heavy atom. The van der Waals surface area contributed by atoms with Crippen molar-refractivity contribution in [1.82, 2.24) is 4.98 Å². The highest BCUT2D eigenvalue weighted by Gasteiger charge is 2.09. The molecule has 0 N–H and O–H groups in total. The molecule has 2 nitrogen and oxygen atoms in total. The summed E-state index contributed by atoms with van der Waals surface area (Å²) in [7, 11) is 0. The summed E-state index contributed by atoms with van der Waals surface area (Å²) in [5.74, 6) is 0.790. The second-order valence-electron chi connectivity index (χ2n) is 3.85. The lowest BCUT2D eigenvalue weighted by atomic mass is 10.2. The van der Waals surface area contributed by atoms with Crippen LogP contribution in [0.4, 0.5) is 0 Å². The first-order chi connectivity index (χ1) is 8.78. The molecule has 0 aliphatic rings. The van der Waals surface area contributed by atoms with E-state index in [2.05, 4.69) is 23.4 Å². The lowest BCUT2D eigenvalue weighted by Crippen LogP contribution is -1.73. The number of hydrogen-bond donors (Lipinski definition) is 0. The fourth-order valence-electron chi connectivity index (χ4n) is 1.80. The summed E-state index contributed by atoms with van der Waals surface area (Å²) in [6, 6.07) is 11.9. The van der Waals surface area contributed by atoms with Gasteiger partial charge < -0.3 is 4.42 Å². The maximum atomic E-state index is 6.07. The van der Waals surface area contributed by atoms with Crippen molar-refractivity contribution in [1.29, 1.82) is 0 Å². The molecule has 2 aromatic heterocycles. The van der Waals surface area contributed by atoms with Gasteiger partial charge in [-0.25, -0.2) is 0 Å². The molecule has 2 heterocycles. The molecule has 3 rings (SSSR count). The van der Waals surface area contributed by atoms with E-state index in [9.17, 15) is 0 Å². The van der Waals surface area contributed by atoms with Crippen molar-refractivity contribution >= 4 is 34.5 Å². The summed E-state index contributed by atoms with van der Waals surface area (Å²) in [6.45, 7) is 0. The molecule has 4 heteroatoms. The van der Waals surface area contributed by atoms with Gasteiger partial charge >= 0.3 is 0 Å². The SMILES string of the molecule is CSc1ccc(-c2cc3nccc(Cl)c3o2)cc1. The number of pyridine rings is 1. The number of nitrogens with zero attached hydrogens (tertiary/aromatic N) is 1. The van der Waals surface area contributed by atoms with E-state index >= 15 is 0 Å². The second kappa shape index (κ2) is 4.67. The standard InChI is InChI=1S/C14H10ClNOS/c1-18-10-4-2-9(3-5-10)13-8-12-14(17-13)11(15)6-7-16-12/h2-8H,1H3. The average molecular weight is 276 g/mol. The molecule has 18 heavy (non-hydrogen) atoms. The normalized spacial score (nSPS) is 11.0. The summed E-state index contributed by atoms with van der Waals surface area (Å²) >= 11 is 7.78. The fraction of sp³-hybridized carbons (Fsp3) is 0.0714. The van der Waals surface area contributed by atoms with Crippen molar-refractivity contribution < 1.29 is 4.42 Å². The Hall–Kier alpha value is -1.45. The Labute approximate surface area is 114 Å². The number of benzene rings is 1. The Balaban J connectivity index is 2.10. The van der Waals surface area contributed by atoms with Gasteiger partial charge in [0, 0.05) is 22.7 Å². The zero-order valence-corrected chi connectivity index (χ0v) is 11.3. The first kappa shape index (κ1) is 11.6. The van der Waals surface area contributed by atoms with Gasteiger partial charge in [0.05, 0.1) is 5.02 Å². The van der Waals surface area contributed by atoms with Gasteiger partial charge in [0.2, 0.25) is 0 Å². The van der Waals surface area contributed by atoms with Crippen LogP contribution in [0.5, 0.6) is 0 Å². The third-order valence-corrected chi connectivity index (χ3v) is 3.78. The van der Waals surface area contributed by atoms with Crippen LogP contribution in [0.2, 0.25) is 5.02 Å². The predicted octanol–water partition coefficient (Wildman–Crippen LogP) is 4.87. The van der Waals surface area contributed by atoms with Crippen molar-refractivity contribution in [2.75, 3.05) is 6.26 Å². The molecule has 0 radical (unpaired) electrons. The minimum absolute atomic E-state index is 0.590. The van der Waals surface area contributed by atoms with Crippen LogP contribution in [-0.4, -0.2) is 11.2 Å². The topological polar surface area (TPSA) is 26.0 Å². The summed E-state index contributed by atoms with van der Waals surface area (Å²) in [6.07, 6.45) is 3.74. The Kier molecular flexibility index (Phi) is 3.02. The first-order valence-corrected chi connectivity index (χ1v) is 7.06. The fourth-order valence-corrected chi connectivity index (χ4v) is 2.40. The van der Waals surface area contributed by atoms with Crippen LogP contribution in [-0.2, 0) is 0 Å². The van der Waals surface area contributed by atoms with E-state index in [-0.39, 0.29) is 0 Å². The molecular weight excluding hydrogens is 266 g/mol. The highest BCUT2D eigenvalue weighted by molar-refractivity contribution is 7.98. The molecule has 0 fully saturated rings. The molecule has 0 spiro atoms. The maximum Gasteiger partial charge on any atom is 0.171 e. The van der Waals surface area contributed by atoms with Gasteiger partial charge in [0.1, 0.15) is 11.3 Å². The predicted molar refractivity (Wildman–Crippen MR) is 76.2 cm³/mol. The Bertz CT molecular complexity index is 691. The number of furan rings is 1. The molecule has 0 amide bonds. The third kappa shape index (κ3) is 2.00. The summed E-state index contributed by atoms with van der Waals surface area (Å²) in [5.41, 5.74) is 2.46. The van der Waals surface area contributed by atoms with Crippen LogP contribution in [0, 0.1) is 0 Å². The van der Waals surface area contributed by atoms with Crippen molar-refractivity contribution in [2.24, 2.45) is 0 Å². The number of fused-ring (bicyclic) bond motifs is 1. The molecule has 0 unspecified atom stereocenters. The van der Waals surface area contributed by atoms with Crippen LogP contribution >= 0.6 is 23.4 Å². The minimum Gasteiger partial charge on any atom is -0.453 e. The number of thioether (sulfide) groups is 1. The monoisotopic (exact) mass is 275 g/mol. The summed E-state index contributed by atoms with van der Waals surface area (Å²) in [5, 5.41) is 0.590. The molecule has 0 aliphatic heterocycles. The van der Waals surface area contributed by atoms with Gasteiger partial charge in [0.25, 0.3) is 0 Å². The first-order valence-electron chi connectivity index (χ1n) is 5.46. The molecule has 0 bridgehead atoms. The van der Waals surface area contributed by atoms with Gasteiger partial charge in [-0.3, -0.25) is 4.98 Å². The van der Waals surface area contributed by atoms with E-state index in [0.29, 0.717) is 10.6 Å². The number of aromatic nitrogens is 1. The van der Waals surface area contributed by atoms with Crippen LogP contribution in [0.15, 0.2) is 51.9 Å². The van der Waals surface area contributed by atoms with E-state index < -0.39 is 0 Å². The number of rotatable bonds is 2. The maximum absolute atomic E-state index is 6.07. The van der Waals surface area contributed by atoms with Crippen LogP contribution < -0.4 is 0 Å². The van der Waals surface area contributed by atoms with Crippen molar-refractivity contribution in [3.63, 3.8) is 0 Å². The van der Waals surface area contributed by atoms with Gasteiger partial charge in [-0.15, -0.1) is 11.8 Å². The molecule has 3 aromatic rings. The number of halogens is 1. The summed E-state index contributed by atoms with van der Waals surface area (Å²) in [4.78, 5) is 5.47. The molecule has 0 saturated heterocycles. The quantitative estimate of drug-likeness (QED) is 0.624. The van der Waals surface area contributed by atoms with Crippen molar-refractivity contribution in [2.45, 2.75) is 4.90 Å². The second-order valence-corrected chi connectivity index (χ2v) is 5.13. The molecule has 0 saturated carbocycles. The molecule has 0 atom stereocenters. The summed E-state index contributed by atoms with van der Waals surface area (Å²) < 4.78 is 5.76. The van der Waals surface area contributed by atoms with Crippen LogP contribution in [0.1, 0.15) is 0 Å². The Morgan fingerprint density at radius 2 is 1.94 bits per heavy atom. The molecule has 1 aromatic carbocycles. The van der Waals surface area contributed by atoms with Crippen molar-refractivity contribution in [3.05, 3.63) is 47.6 Å². The smallest absolute Gasteiger partial charge is 0.171 e. The molecular formula is C14H10ClNOS. The van der Waals surface area contributed by atoms with E-state index in [1.54, 1.807) is 24.0 Å². The highest BCUT2D eigenvalue weighted by Crippen LogP contribution is 2.31. The number of hydrogen-bond acceptors (Lipinski definition) is 3.